The smallest absolute Gasteiger partial charge is 0.462 e. The molecule has 0 aliphatic rings. The van der Waals surface area contributed by atoms with E-state index in [1.54, 1.807) is 0 Å². The van der Waals surface area contributed by atoms with Crippen molar-refractivity contribution < 1.29 is 80.2 Å². The Morgan fingerprint density at radius 3 is 0.829 bits per heavy atom. The molecule has 0 saturated carbocycles. The number of aliphatic hydroxyl groups excluding tert-OH is 1. The summed E-state index contributed by atoms with van der Waals surface area (Å²) < 4.78 is 67.8. The summed E-state index contributed by atoms with van der Waals surface area (Å²) in [6.45, 7) is 9.36. The predicted octanol–water partition coefficient (Wildman–Crippen LogP) is 17.3. The normalized spacial score (nSPS) is 14.3. The molecule has 2 unspecified atom stereocenters. The molecule has 0 amide bonds. The van der Waals surface area contributed by atoms with Gasteiger partial charge >= 0.3 is 39.5 Å². The Balaban J connectivity index is 5.19. The summed E-state index contributed by atoms with van der Waals surface area (Å²) in [7, 11) is -9.88. The van der Waals surface area contributed by atoms with Crippen LogP contribution in [0.25, 0.3) is 0 Å². The fourth-order valence-electron chi connectivity index (χ4n) is 9.35. The van der Waals surface area contributed by atoms with Gasteiger partial charge in [0.1, 0.15) is 19.3 Å². The standard InChI is InChI=1S/C63H122O17P2/c1-7-9-11-13-15-16-23-27-34-40-46-61(66)74-52-58(79-62(67)47-41-35-28-24-21-19-17-18-20-22-26-31-37-43-55(3)4)53-77-81(69,70)75-49-57(64)50-76-82(71,72)78-54-59(51-73-60(65)45-39-33-25-14-12-10-8-2)80-63(68)48-42-36-30-29-32-38-44-56(5)6/h55-59,64H,7-54H2,1-6H3,(H,69,70)(H,71,72)/t57-,58-,59-/m1/s1. The number of aliphatic hydroxyl groups is 1. The zero-order valence-electron chi connectivity index (χ0n) is 52.8. The number of unbranched alkanes of at least 4 members (excludes halogenated alkanes) is 32. The van der Waals surface area contributed by atoms with Gasteiger partial charge in [-0.1, -0.05) is 260 Å². The van der Waals surface area contributed by atoms with Crippen LogP contribution in [0.2, 0.25) is 0 Å². The Morgan fingerprint density at radius 2 is 0.561 bits per heavy atom. The molecule has 0 aromatic carbocycles. The molecule has 0 saturated heterocycles. The third-order valence-electron chi connectivity index (χ3n) is 14.5. The average Bonchev–Trinajstić information content (AvgIpc) is 3.45. The molecule has 0 aliphatic heterocycles. The summed E-state index contributed by atoms with van der Waals surface area (Å²) in [5, 5.41) is 10.5. The van der Waals surface area contributed by atoms with E-state index in [4.69, 9.17) is 37.0 Å². The van der Waals surface area contributed by atoms with Crippen LogP contribution < -0.4 is 0 Å². The predicted molar refractivity (Wildman–Crippen MR) is 326 cm³/mol. The highest BCUT2D eigenvalue weighted by molar-refractivity contribution is 7.47. The van der Waals surface area contributed by atoms with Crippen molar-refractivity contribution in [2.24, 2.45) is 11.8 Å². The Morgan fingerprint density at radius 1 is 0.329 bits per heavy atom. The van der Waals surface area contributed by atoms with Crippen LogP contribution >= 0.6 is 15.6 Å². The van der Waals surface area contributed by atoms with E-state index in [0.717, 1.165) is 109 Å². The van der Waals surface area contributed by atoms with E-state index in [-0.39, 0.29) is 25.7 Å². The molecule has 19 heteroatoms. The lowest BCUT2D eigenvalue weighted by Crippen LogP contribution is -2.30. The van der Waals surface area contributed by atoms with E-state index in [9.17, 15) is 43.2 Å². The number of esters is 4. The highest BCUT2D eigenvalue weighted by Crippen LogP contribution is 2.45. The summed E-state index contributed by atoms with van der Waals surface area (Å²) in [5.41, 5.74) is 0. The number of hydrogen-bond acceptors (Lipinski definition) is 15. The van der Waals surface area contributed by atoms with Gasteiger partial charge in [0, 0.05) is 25.7 Å². The third-order valence-corrected chi connectivity index (χ3v) is 16.4. The van der Waals surface area contributed by atoms with Gasteiger partial charge in [-0.25, -0.2) is 9.13 Å². The van der Waals surface area contributed by atoms with E-state index in [0.29, 0.717) is 31.6 Å². The Hall–Kier alpha value is -1.94. The second-order valence-electron chi connectivity index (χ2n) is 23.7. The van der Waals surface area contributed by atoms with Crippen molar-refractivity contribution in [3.63, 3.8) is 0 Å². The van der Waals surface area contributed by atoms with Crippen LogP contribution in [0.1, 0.15) is 311 Å². The van der Waals surface area contributed by atoms with Gasteiger partial charge in [0.2, 0.25) is 0 Å². The van der Waals surface area contributed by atoms with Gasteiger partial charge in [-0.2, -0.15) is 0 Å². The molecule has 0 aliphatic carbocycles. The Bertz CT molecular complexity index is 1620. The van der Waals surface area contributed by atoms with E-state index in [1.807, 2.05) is 0 Å². The van der Waals surface area contributed by atoms with E-state index >= 15 is 0 Å². The van der Waals surface area contributed by atoms with Crippen LogP contribution in [0.15, 0.2) is 0 Å². The van der Waals surface area contributed by atoms with Crippen molar-refractivity contribution >= 4 is 39.5 Å². The van der Waals surface area contributed by atoms with E-state index < -0.39 is 97.5 Å². The minimum Gasteiger partial charge on any atom is -0.462 e. The molecule has 0 radical (unpaired) electrons. The van der Waals surface area contributed by atoms with Gasteiger partial charge < -0.3 is 33.8 Å². The van der Waals surface area contributed by atoms with Gasteiger partial charge in [0.05, 0.1) is 26.4 Å². The largest absolute Gasteiger partial charge is 0.472 e. The number of phosphoric ester groups is 2. The molecule has 5 atom stereocenters. The first-order valence-electron chi connectivity index (χ1n) is 33.0. The number of carbonyl (C=O) groups excluding carboxylic acids is 4. The molecule has 0 aromatic rings. The van der Waals surface area contributed by atoms with Gasteiger partial charge in [-0.3, -0.25) is 37.3 Å². The molecular weight excluding hydrogens is 1090 g/mol. The quantitative estimate of drug-likeness (QED) is 0.0222. The lowest BCUT2D eigenvalue weighted by atomic mass is 10.0. The zero-order valence-corrected chi connectivity index (χ0v) is 54.6. The molecule has 0 aromatic heterocycles. The summed E-state index contributed by atoms with van der Waals surface area (Å²) >= 11 is 0. The summed E-state index contributed by atoms with van der Waals surface area (Å²) in [4.78, 5) is 72.0. The fourth-order valence-corrected chi connectivity index (χ4v) is 10.9. The average molecular weight is 1210 g/mol. The maximum absolute atomic E-state index is 13.0. The molecule has 486 valence electrons. The van der Waals surface area contributed by atoms with Crippen LogP contribution in [0.5, 0.6) is 0 Å². The third kappa shape index (κ3) is 57.2. The van der Waals surface area contributed by atoms with E-state index in [1.165, 1.54) is 116 Å². The summed E-state index contributed by atoms with van der Waals surface area (Å²) in [5.74, 6) is -0.687. The fraction of sp³-hybridized carbons (Fsp3) is 0.937. The van der Waals surface area contributed by atoms with Crippen LogP contribution in [-0.4, -0.2) is 96.7 Å². The van der Waals surface area contributed by atoms with E-state index in [2.05, 4.69) is 41.5 Å². The molecule has 0 heterocycles. The lowest BCUT2D eigenvalue weighted by Gasteiger charge is -2.21. The van der Waals surface area contributed by atoms with Gasteiger partial charge in [0.25, 0.3) is 0 Å². The number of ether oxygens (including phenoxy) is 4. The van der Waals surface area contributed by atoms with Crippen molar-refractivity contribution in [2.45, 2.75) is 330 Å². The van der Waals surface area contributed by atoms with Crippen LogP contribution in [0, 0.1) is 11.8 Å². The number of carbonyl (C=O) groups is 4. The van der Waals surface area contributed by atoms with Gasteiger partial charge in [0.15, 0.2) is 12.2 Å². The first-order valence-corrected chi connectivity index (χ1v) is 36.0. The SMILES string of the molecule is CCCCCCCCCCCCC(=O)OC[C@H](COP(=O)(O)OC[C@@H](O)COP(=O)(O)OC[C@@H](COC(=O)CCCCCCCCC)OC(=O)CCCCCCCCC(C)C)OC(=O)CCCCCCCCCCCCCCCC(C)C. The van der Waals surface area contributed by atoms with Crippen molar-refractivity contribution in [1.82, 2.24) is 0 Å². The zero-order chi connectivity index (χ0) is 60.8. The molecule has 0 fully saturated rings. The van der Waals surface area contributed by atoms with Gasteiger partial charge in [-0.05, 0) is 37.5 Å². The van der Waals surface area contributed by atoms with Crippen LogP contribution in [0.3, 0.4) is 0 Å². The maximum atomic E-state index is 13.0. The highest BCUT2D eigenvalue weighted by Gasteiger charge is 2.30. The topological polar surface area (TPSA) is 237 Å². The minimum atomic E-state index is -4.94. The summed E-state index contributed by atoms with van der Waals surface area (Å²) in [6, 6.07) is 0. The lowest BCUT2D eigenvalue weighted by molar-refractivity contribution is -0.161. The van der Waals surface area contributed by atoms with Crippen molar-refractivity contribution in [1.29, 1.82) is 0 Å². The van der Waals surface area contributed by atoms with Crippen molar-refractivity contribution in [2.75, 3.05) is 39.6 Å². The molecule has 3 N–H and O–H groups in total. The number of phosphoric acid groups is 2. The molecule has 82 heavy (non-hydrogen) atoms. The van der Waals surface area contributed by atoms with Crippen LogP contribution in [0.4, 0.5) is 0 Å². The number of rotatable bonds is 62. The minimum absolute atomic E-state index is 0.102. The molecule has 0 bridgehead atoms. The molecule has 17 nitrogen and oxygen atoms in total. The van der Waals surface area contributed by atoms with Crippen molar-refractivity contribution in [3.05, 3.63) is 0 Å². The second kappa shape index (κ2) is 55.6. The molecular formula is C63H122O17P2. The Labute approximate surface area is 498 Å². The first-order chi connectivity index (χ1) is 39.4. The summed E-state index contributed by atoms with van der Waals surface area (Å²) in [6.07, 6.45) is 37.8. The monoisotopic (exact) mass is 1210 g/mol. The van der Waals surface area contributed by atoms with Crippen LogP contribution in [-0.2, 0) is 65.4 Å². The number of hydrogen-bond donors (Lipinski definition) is 3. The highest BCUT2D eigenvalue weighted by atomic mass is 31.2. The Kier molecular flexibility index (Phi) is 54.3. The van der Waals surface area contributed by atoms with Gasteiger partial charge in [-0.15, -0.1) is 0 Å². The van der Waals surface area contributed by atoms with Crippen molar-refractivity contribution in [3.8, 4) is 0 Å². The molecule has 0 spiro atoms. The maximum Gasteiger partial charge on any atom is 0.472 e. The second-order valence-corrected chi connectivity index (χ2v) is 26.7. The first kappa shape index (κ1) is 80.1. The molecule has 0 rings (SSSR count).